The lowest BCUT2D eigenvalue weighted by Gasteiger charge is -2.29. The summed E-state index contributed by atoms with van der Waals surface area (Å²) in [7, 11) is 0. The van der Waals surface area contributed by atoms with Crippen LogP contribution in [0.2, 0.25) is 5.02 Å². The summed E-state index contributed by atoms with van der Waals surface area (Å²) in [6.07, 6.45) is 1.78. The van der Waals surface area contributed by atoms with Gasteiger partial charge in [0, 0.05) is 16.6 Å². The fraction of sp³-hybridized carbons (Fsp3) is 0.500. The summed E-state index contributed by atoms with van der Waals surface area (Å²) >= 11 is 5.77. The zero-order chi connectivity index (χ0) is 13.1. The Bertz CT molecular complexity index is 417. The topological polar surface area (TPSA) is 55.2 Å². The van der Waals surface area contributed by atoms with Crippen LogP contribution in [0.15, 0.2) is 18.2 Å². The molecule has 0 aliphatic rings. The van der Waals surface area contributed by atoms with Crippen molar-refractivity contribution in [3.63, 3.8) is 0 Å². The number of nitro benzene ring substituents is 1. The molecule has 5 heteroatoms. The van der Waals surface area contributed by atoms with Crippen LogP contribution in [0.5, 0.6) is 0 Å². The molecular weight excluding hydrogens is 240 g/mol. The number of benzene rings is 1. The molecule has 0 spiro atoms. The number of anilines is 1. The minimum atomic E-state index is -0.417. The van der Waals surface area contributed by atoms with Crippen LogP contribution in [0.3, 0.4) is 0 Å². The van der Waals surface area contributed by atoms with Gasteiger partial charge in [-0.1, -0.05) is 25.4 Å². The van der Waals surface area contributed by atoms with Crippen molar-refractivity contribution in [2.24, 2.45) is 0 Å². The lowest BCUT2D eigenvalue weighted by Crippen LogP contribution is -2.33. The second kappa shape index (κ2) is 5.36. The van der Waals surface area contributed by atoms with Gasteiger partial charge in [0.25, 0.3) is 5.69 Å². The summed E-state index contributed by atoms with van der Waals surface area (Å²) in [6, 6.07) is 4.68. The molecule has 1 aromatic rings. The smallest absolute Gasteiger partial charge is 0.293 e. The van der Waals surface area contributed by atoms with E-state index in [9.17, 15) is 10.1 Å². The van der Waals surface area contributed by atoms with Gasteiger partial charge in [-0.25, -0.2) is 0 Å². The SMILES string of the molecule is CCC(C)(CC)Nc1ccc(Cl)cc1[N+](=O)[O-]. The quantitative estimate of drug-likeness (QED) is 0.633. The van der Waals surface area contributed by atoms with E-state index in [0.29, 0.717) is 10.7 Å². The number of hydrogen-bond donors (Lipinski definition) is 1. The average Bonchev–Trinajstić information content (AvgIpc) is 2.31. The van der Waals surface area contributed by atoms with Crippen LogP contribution in [0.25, 0.3) is 0 Å². The normalized spacial score (nSPS) is 11.3. The Morgan fingerprint density at radius 1 is 1.41 bits per heavy atom. The molecule has 94 valence electrons. The molecule has 4 nitrogen and oxygen atoms in total. The molecule has 0 radical (unpaired) electrons. The first-order valence-electron chi connectivity index (χ1n) is 5.64. The number of hydrogen-bond acceptors (Lipinski definition) is 3. The number of halogens is 1. The van der Waals surface area contributed by atoms with Crippen LogP contribution < -0.4 is 5.32 Å². The van der Waals surface area contributed by atoms with Gasteiger partial charge in [-0.3, -0.25) is 10.1 Å². The van der Waals surface area contributed by atoms with Crippen LogP contribution in [-0.4, -0.2) is 10.5 Å². The van der Waals surface area contributed by atoms with Gasteiger partial charge in [-0.15, -0.1) is 0 Å². The molecule has 0 atom stereocenters. The molecule has 0 bridgehead atoms. The Morgan fingerprint density at radius 3 is 2.47 bits per heavy atom. The molecule has 1 N–H and O–H groups in total. The predicted octanol–water partition coefficient (Wildman–Crippen LogP) is 4.24. The van der Waals surface area contributed by atoms with Crippen molar-refractivity contribution in [3.05, 3.63) is 33.3 Å². The molecule has 0 fully saturated rings. The van der Waals surface area contributed by atoms with Gasteiger partial charge in [0.2, 0.25) is 0 Å². The van der Waals surface area contributed by atoms with Gasteiger partial charge in [0.15, 0.2) is 0 Å². The fourth-order valence-electron chi connectivity index (χ4n) is 1.51. The monoisotopic (exact) mass is 256 g/mol. The Balaban J connectivity index is 3.10. The minimum Gasteiger partial charge on any atom is -0.374 e. The van der Waals surface area contributed by atoms with Gasteiger partial charge < -0.3 is 5.32 Å². The third-order valence-corrected chi connectivity index (χ3v) is 3.39. The van der Waals surface area contributed by atoms with Gasteiger partial charge in [-0.2, -0.15) is 0 Å². The fourth-order valence-corrected chi connectivity index (χ4v) is 1.68. The van der Waals surface area contributed by atoms with Crippen molar-refractivity contribution in [1.29, 1.82) is 0 Å². The van der Waals surface area contributed by atoms with Crippen LogP contribution in [0.4, 0.5) is 11.4 Å². The summed E-state index contributed by atoms with van der Waals surface area (Å²) in [5, 5.41) is 14.5. The highest BCUT2D eigenvalue weighted by Crippen LogP contribution is 2.31. The standard InChI is InChI=1S/C12H17ClN2O2/c1-4-12(3,5-2)14-10-7-6-9(13)8-11(10)15(16)17/h6-8,14H,4-5H2,1-3H3. The van der Waals surface area contributed by atoms with Crippen LogP contribution in [0.1, 0.15) is 33.6 Å². The highest BCUT2D eigenvalue weighted by atomic mass is 35.5. The number of rotatable bonds is 5. The van der Waals surface area contributed by atoms with Crippen molar-refractivity contribution in [2.75, 3.05) is 5.32 Å². The Kier molecular flexibility index (Phi) is 4.34. The molecule has 1 rings (SSSR count). The maximum Gasteiger partial charge on any atom is 0.293 e. The zero-order valence-electron chi connectivity index (χ0n) is 10.3. The largest absolute Gasteiger partial charge is 0.374 e. The van der Waals surface area contributed by atoms with Gasteiger partial charge in [0.1, 0.15) is 5.69 Å². The summed E-state index contributed by atoms with van der Waals surface area (Å²) in [6.45, 7) is 6.15. The average molecular weight is 257 g/mol. The first kappa shape index (κ1) is 13.8. The molecule has 0 saturated carbocycles. The maximum absolute atomic E-state index is 10.9. The third kappa shape index (κ3) is 3.33. The third-order valence-electron chi connectivity index (χ3n) is 3.15. The van der Waals surface area contributed by atoms with E-state index in [1.165, 1.54) is 6.07 Å². The van der Waals surface area contributed by atoms with E-state index in [0.717, 1.165) is 12.8 Å². The zero-order valence-corrected chi connectivity index (χ0v) is 11.0. The Labute approximate surface area is 106 Å². The second-order valence-corrected chi connectivity index (χ2v) is 4.75. The van der Waals surface area contributed by atoms with Crippen molar-refractivity contribution in [3.8, 4) is 0 Å². The number of nitrogens with zero attached hydrogens (tertiary/aromatic N) is 1. The van der Waals surface area contributed by atoms with Crippen LogP contribution in [-0.2, 0) is 0 Å². The van der Waals surface area contributed by atoms with E-state index in [2.05, 4.69) is 19.2 Å². The Hall–Kier alpha value is -1.29. The Morgan fingerprint density at radius 2 is 2.00 bits per heavy atom. The summed E-state index contributed by atoms with van der Waals surface area (Å²) in [5.74, 6) is 0. The van der Waals surface area contributed by atoms with E-state index in [1.807, 2.05) is 6.92 Å². The molecule has 0 saturated heterocycles. The number of nitro groups is 1. The number of nitrogens with one attached hydrogen (secondary N) is 1. The van der Waals surface area contributed by atoms with Crippen molar-refractivity contribution >= 4 is 23.0 Å². The van der Waals surface area contributed by atoms with Crippen molar-refractivity contribution in [2.45, 2.75) is 39.2 Å². The summed E-state index contributed by atoms with van der Waals surface area (Å²) in [4.78, 5) is 10.5. The van der Waals surface area contributed by atoms with Crippen LogP contribution in [0, 0.1) is 10.1 Å². The van der Waals surface area contributed by atoms with E-state index in [4.69, 9.17) is 11.6 Å². The molecule has 1 aromatic carbocycles. The van der Waals surface area contributed by atoms with Crippen LogP contribution >= 0.6 is 11.6 Å². The highest BCUT2D eigenvalue weighted by molar-refractivity contribution is 6.30. The molecular formula is C12H17ClN2O2. The minimum absolute atomic E-state index is 0.0191. The lowest BCUT2D eigenvalue weighted by molar-refractivity contribution is -0.384. The van der Waals surface area contributed by atoms with Crippen molar-refractivity contribution < 1.29 is 4.92 Å². The molecule has 0 unspecified atom stereocenters. The molecule has 0 heterocycles. The summed E-state index contributed by atoms with van der Waals surface area (Å²) < 4.78 is 0. The predicted molar refractivity (Wildman–Crippen MR) is 70.7 cm³/mol. The van der Waals surface area contributed by atoms with E-state index in [-0.39, 0.29) is 11.2 Å². The molecule has 17 heavy (non-hydrogen) atoms. The van der Waals surface area contributed by atoms with Gasteiger partial charge in [-0.05, 0) is 31.9 Å². The van der Waals surface area contributed by atoms with Crippen molar-refractivity contribution in [1.82, 2.24) is 0 Å². The second-order valence-electron chi connectivity index (χ2n) is 4.31. The molecule has 0 aromatic heterocycles. The van der Waals surface area contributed by atoms with E-state index < -0.39 is 4.92 Å². The van der Waals surface area contributed by atoms with Gasteiger partial charge >= 0.3 is 0 Å². The highest BCUT2D eigenvalue weighted by Gasteiger charge is 2.23. The molecule has 0 aliphatic heterocycles. The lowest BCUT2D eigenvalue weighted by atomic mass is 9.95. The molecule has 0 aliphatic carbocycles. The maximum atomic E-state index is 10.9. The summed E-state index contributed by atoms with van der Waals surface area (Å²) in [5.41, 5.74) is 0.398. The molecule has 0 amide bonds. The van der Waals surface area contributed by atoms with E-state index >= 15 is 0 Å². The van der Waals surface area contributed by atoms with E-state index in [1.54, 1.807) is 12.1 Å². The first-order valence-corrected chi connectivity index (χ1v) is 6.02. The first-order chi connectivity index (χ1) is 7.91. The van der Waals surface area contributed by atoms with Gasteiger partial charge in [0.05, 0.1) is 4.92 Å².